The van der Waals surface area contributed by atoms with Crippen LogP contribution in [-0.4, -0.2) is 29.5 Å². The van der Waals surface area contributed by atoms with E-state index in [1.807, 2.05) is 43.0 Å². The third kappa shape index (κ3) is 3.42. The number of hydrogen-bond acceptors (Lipinski definition) is 3. The highest BCUT2D eigenvalue weighted by molar-refractivity contribution is 8.00. The Morgan fingerprint density at radius 3 is 3.00 bits per heavy atom. The average Bonchev–Trinajstić information content (AvgIpc) is 2.75. The van der Waals surface area contributed by atoms with Gasteiger partial charge in [0.15, 0.2) is 0 Å². The maximum atomic E-state index is 11.7. The quantitative estimate of drug-likeness (QED) is 0.878. The summed E-state index contributed by atoms with van der Waals surface area (Å²) < 4.78 is 0. The van der Waals surface area contributed by atoms with E-state index in [-0.39, 0.29) is 5.91 Å². The number of thioether (sulfide) groups is 1. The molecule has 0 aliphatic carbocycles. The average molecular weight is 264 g/mol. The number of carbonyl (C=O) groups is 1. The molecule has 3 nitrogen and oxygen atoms in total. The summed E-state index contributed by atoms with van der Waals surface area (Å²) in [5.41, 5.74) is 1.76. The van der Waals surface area contributed by atoms with Crippen LogP contribution in [0.25, 0.3) is 0 Å². The summed E-state index contributed by atoms with van der Waals surface area (Å²) in [5.74, 6) is 1.14. The fourth-order valence-corrected chi connectivity index (χ4v) is 3.31. The number of nitrogens with one attached hydrogen (secondary N) is 2. The van der Waals surface area contributed by atoms with E-state index in [1.54, 1.807) is 0 Å². The summed E-state index contributed by atoms with van der Waals surface area (Å²) in [7, 11) is 0. The van der Waals surface area contributed by atoms with Crippen LogP contribution in [0.4, 0.5) is 5.69 Å². The lowest BCUT2D eigenvalue weighted by molar-refractivity contribution is 0.0956. The monoisotopic (exact) mass is 264 g/mol. The fourth-order valence-electron chi connectivity index (χ4n) is 2.17. The second kappa shape index (κ2) is 6.14. The Kier molecular flexibility index (Phi) is 4.53. The molecule has 0 radical (unpaired) electrons. The molecular formula is C14H20N2OS. The van der Waals surface area contributed by atoms with E-state index < -0.39 is 0 Å². The lowest BCUT2D eigenvalue weighted by Crippen LogP contribution is -2.23. The van der Waals surface area contributed by atoms with E-state index >= 15 is 0 Å². The molecule has 0 spiro atoms. The van der Waals surface area contributed by atoms with Crippen molar-refractivity contribution in [1.82, 2.24) is 5.32 Å². The van der Waals surface area contributed by atoms with Gasteiger partial charge in [0.25, 0.3) is 5.91 Å². The summed E-state index contributed by atoms with van der Waals surface area (Å²) in [6, 6.07) is 8.25. The largest absolute Gasteiger partial charge is 0.381 e. The first-order valence-corrected chi connectivity index (χ1v) is 7.50. The van der Waals surface area contributed by atoms with Gasteiger partial charge in [-0.05, 0) is 31.5 Å². The van der Waals surface area contributed by atoms with Crippen molar-refractivity contribution in [3.05, 3.63) is 29.8 Å². The smallest absolute Gasteiger partial charge is 0.251 e. The van der Waals surface area contributed by atoms with Gasteiger partial charge in [-0.15, -0.1) is 0 Å². The predicted molar refractivity (Wildman–Crippen MR) is 78.4 cm³/mol. The molecule has 1 fully saturated rings. The molecule has 2 unspecified atom stereocenters. The van der Waals surface area contributed by atoms with Crippen LogP contribution in [-0.2, 0) is 0 Å². The molecule has 1 amide bonds. The number of amides is 1. The van der Waals surface area contributed by atoms with E-state index in [1.165, 1.54) is 6.42 Å². The van der Waals surface area contributed by atoms with Gasteiger partial charge in [0.2, 0.25) is 0 Å². The minimum absolute atomic E-state index is 0.00434. The molecule has 4 heteroatoms. The first kappa shape index (κ1) is 13.3. The molecule has 1 saturated heterocycles. The Balaban J connectivity index is 2.01. The predicted octanol–water partition coefficient (Wildman–Crippen LogP) is 2.74. The van der Waals surface area contributed by atoms with E-state index in [0.717, 1.165) is 22.3 Å². The highest BCUT2D eigenvalue weighted by atomic mass is 32.2. The summed E-state index contributed by atoms with van der Waals surface area (Å²) in [4.78, 5) is 11.7. The van der Waals surface area contributed by atoms with E-state index in [9.17, 15) is 4.79 Å². The van der Waals surface area contributed by atoms with Crippen molar-refractivity contribution < 1.29 is 4.79 Å². The second-order valence-corrected chi connectivity index (χ2v) is 6.13. The normalized spacial score (nSPS) is 22.8. The van der Waals surface area contributed by atoms with Crippen LogP contribution in [0.5, 0.6) is 0 Å². The molecule has 1 aliphatic heterocycles. The van der Waals surface area contributed by atoms with Gasteiger partial charge in [-0.1, -0.05) is 13.0 Å². The standard InChI is InChI=1S/C14H20N2OS/c1-3-15-14(17)11-5-4-6-12(8-11)16-13-7-10(2)18-9-13/h4-6,8,10,13,16H,3,7,9H2,1-2H3,(H,15,17). The Labute approximate surface area is 113 Å². The van der Waals surface area contributed by atoms with Gasteiger partial charge in [-0.25, -0.2) is 0 Å². The molecule has 2 rings (SSSR count). The third-order valence-corrected chi connectivity index (χ3v) is 4.39. The van der Waals surface area contributed by atoms with Crippen LogP contribution in [0, 0.1) is 0 Å². The first-order valence-electron chi connectivity index (χ1n) is 6.45. The van der Waals surface area contributed by atoms with Crippen LogP contribution in [0.1, 0.15) is 30.6 Å². The Morgan fingerprint density at radius 1 is 1.50 bits per heavy atom. The van der Waals surface area contributed by atoms with Gasteiger partial charge in [-0.3, -0.25) is 4.79 Å². The molecule has 0 saturated carbocycles. The molecule has 0 aromatic heterocycles. The molecule has 98 valence electrons. The van der Waals surface area contributed by atoms with Gasteiger partial charge < -0.3 is 10.6 Å². The molecular weight excluding hydrogens is 244 g/mol. The Hall–Kier alpha value is -1.16. The van der Waals surface area contributed by atoms with Crippen molar-refractivity contribution in [2.45, 2.75) is 31.6 Å². The minimum Gasteiger partial charge on any atom is -0.381 e. The Bertz CT molecular complexity index is 422. The molecule has 1 heterocycles. The minimum atomic E-state index is -0.00434. The van der Waals surface area contributed by atoms with Gasteiger partial charge >= 0.3 is 0 Å². The molecule has 18 heavy (non-hydrogen) atoms. The molecule has 1 aromatic rings. The van der Waals surface area contributed by atoms with Crippen LogP contribution in [0.2, 0.25) is 0 Å². The maximum absolute atomic E-state index is 11.7. The number of benzene rings is 1. The second-order valence-electron chi connectivity index (χ2n) is 4.66. The van der Waals surface area contributed by atoms with Crippen molar-refractivity contribution in [2.75, 3.05) is 17.6 Å². The van der Waals surface area contributed by atoms with Crippen molar-refractivity contribution in [1.29, 1.82) is 0 Å². The van der Waals surface area contributed by atoms with Crippen molar-refractivity contribution in [3.8, 4) is 0 Å². The lowest BCUT2D eigenvalue weighted by Gasteiger charge is -2.14. The summed E-state index contributed by atoms with van der Waals surface area (Å²) in [6.45, 7) is 4.85. The first-order chi connectivity index (χ1) is 8.69. The van der Waals surface area contributed by atoms with Gasteiger partial charge in [-0.2, -0.15) is 11.8 Å². The zero-order valence-electron chi connectivity index (χ0n) is 10.9. The molecule has 1 aliphatic rings. The van der Waals surface area contributed by atoms with Gasteiger partial charge in [0.05, 0.1) is 0 Å². The summed E-state index contributed by atoms with van der Waals surface area (Å²) in [5, 5.41) is 7.06. The molecule has 1 aromatic carbocycles. The van der Waals surface area contributed by atoms with Crippen LogP contribution in [0.15, 0.2) is 24.3 Å². The SMILES string of the molecule is CCNC(=O)c1cccc(NC2CSC(C)C2)c1. The fraction of sp³-hybridized carbons (Fsp3) is 0.500. The van der Waals surface area contributed by atoms with Gasteiger partial charge in [0, 0.05) is 34.8 Å². The van der Waals surface area contributed by atoms with Crippen molar-refractivity contribution >= 4 is 23.4 Å². The van der Waals surface area contributed by atoms with E-state index in [0.29, 0.717) is 12.6 Å². The zero-order valence-corrected chi connectivity index (χ0v) is 11.7. The number of anilines is 1. The number of carbonyl (C=O) groups excluding carboxylic acids is 1. The van der Waals surface area contributed by atoms with E-state index in [4.69, 9.17) is 0 Å². The van der Waals surface area contributed by atoms with Crippen molar-refractivity contribution in [3.63, 3.8) is 0 Å². The third-order valence-electron chi connectivity index (χ3n) is 3.03. The Morgan fingerprint density at radius 2 is 2.33 bits per heavy atom. The van der Waals surface area contributed by atoms with Crippen LogP contribution < -0.4 is 10.6 Å². The highest BCUT2D eigenvalue weighted by Crippen LogP contribution is 2.28. The zero-order chi connectivity index (χ0) is 13.0. The topological polar surface area (TPSA) is 41.1 Å². The summed E-state index contributed by atoms with van der Waals surface area (Å²) >= 11 is 2.00. The van der Waals surface area contributed by atoms with E-state index in [2.05, 4.69) is 17.6 Å². The van der Waals surface area contributed by atoms with Crippen LogP contribution >= 0.6 is 11.8 Å². The number of hydrogen-bond donors (Lipinski definition) is 2. The molecule has 2 atom stereocenters. The molecule has 2 N–H and O–H groups in total. The molecule has 0 bridgehead atoms. The number of rotatable bonds is 4. The van der Waals surface area contributed by atoms with Crippen LogP contribution in [0.3, 0.4) is 0 Å². The lowest BCUT2D eigenvalue weighted by atomic mass is 10.1. The van der Waals surface area contributed by atoms with Crippen molar-refractivity contribution in [2.24, 2.45) is 0 Å². The summed E-state index contributed by atoms with van der Waals surface area (Å²) in [6.07, 6.45) is 1.19. The van der Waals surface area contributed by atoms with Gasteiger partial charge in [0.1, 0.15) is 0 Å². The maximum Gasteiger partial charge on any atom is 0.251 e. The highest BCUT2D eigenvalue weighted by Gasteiger charge is 2.21.